The number of unbranched alkanes of at least 4 members (excludes halogenated alkanes) is 2. The first kappa shape index (κ1) is 33.7. The number of carboxylic acids is 1. The Morgan fingerprint density at radius 3 is 2.15 bits per heavy atom. The molecular formula is C29H47N7O5. The molecule has 12 nitrogen and oxygen atoms in total. The first-order valence-electron chi connectivity index (χ1n) is 14.5. The number of H-pyrrole nitrogens is 1. The van der Waals surface area contributed by atoms with Gasteiger partial charge in [-0.15, -0.1) is 0 Å². The molecule has 0 fully saturated rings. The van der Waals surface area contributed by atoms with Gasteiger partial charge in [0.2, 0.25) is 17.7 Å². The minimum atomic E-state index is -1.15. The molecule has 228 valence electrons. The van der Waals surface area contributed by atoms with Crippen LogP contribution in [0.4, 0.5) is 0 Å². The van der Waals surface area contributed by atoms with Gasteiger partial charge in [-0.25, -0.2) is 4.79 Å². The topological polar surface area (TPSA) is 218 Å². The molecule has 41 heavy (non-hydrogen) atoms. The zero-order valence-corrected chi connectivity index (χ0v) is 24.2. The van der Waals surface area contributed by atoms with Crippen molar-refractivity contribution in [2.24, 2.45) is 23.1 Å². The van der Waals surface area contributed by atoms with E-state index in [1.54, 1.807) is 13.1 Å². The highest BCUT2D eigenvalue weighted by atomic mass is 16.4. The van der Waals surface area contributed by atoms with E-state index in [1.807, 2.05) is 31.2 Å². The third-order valence-electron chi connectivity index (χ3n) is 7.39. The average Bonchev–Trinajstić information content (AvgIpc) is 3.37. The lowest BCUT2D eigenvalue weighted by molar-refractivity contribution is -0.143. The highest BCUT2D eigenvalue weighted by Gasteiger charge is 2.33. The maximum absolute atomic E-state index is 13.7. The van der Waals surface area contributed by atoms with Crippen LogP contribution in [0.3, 0.4) is 0 Å². The molecule has 5 unspecified atom stereocenters. The zero-order valence-electron chi connectivity index (χ0n) is 24.2. The van der Waals surface area contributed by atoms with E-state index in [2.05, 4.69) is 20.9 Å². The second-order valence-corrected chi connectivity index (χ2v) is 10.6. The molecule has 1 aromatic heterocycles. The van der Waals surface area contributed by atoms with Gasteiger partial charge in [-0.2, -0.15) is 0 Å². The summed E-state index contributed by atoms with van der Waals surface area (Å²) >= 11 is 0. The number of nitrogens with two attached hydrogens (primary N) is 3. The van der Waals surface area contributed by atoms with E-state index >= 15 is 0 Å². The average molecular weight is 574 g/mol. The number of para-hydroxylation sites is 1. The van der Waals surface area contributed by atoms with Gasteiger partial charge in [-0.05, 0) is 62.7 Å². The van der Waals surface area contributed by atoms with Crippen molar-refractivity contribution in [3.8, 4) is 0 Å². The van der Waals surface area contributed by atoms with Gasteiger partial charge in [0.25, 0.3) is 0 Å². The van der Waals surface area contributed by atoms with Gasteiger partial charge >= 0.3 is 5.97 Å². The number of fused-ring (bicyclic) bond motifs is 1. The number of aromatic nitrogens is 1. The van der Waals surface area contributed by atoms with Gasteiger partial charge in [0.05, 0.1) is 6.04 Å². The van der Waals surface area contributed by atoms with Gasteiger partial charge in [-0.3, -0.25) is 14.4 Å². The number of hydrogen-bond acceptors (Lipinski definition) is 7. The fraction of sp³-hybridized carbons (Fsp3) is 0.586. The molecular weight excluding hydrogens is 526 g/mol. The largest absolute Gasteiger partial charge is 0.480 e. The summed E-state index contributed by atoms with van der Waals surface area (Å²) in [6.07, 6.45) is 5.72. The minimum absolute atomic E-state index is 0.156. The zero-order chi connectivity index (χ0) is 30.4. The predicted octanol–water partition coefficient (Wildman–Crippen LogP) is 0.881. The molecule has 5 atom stereocenters. The summed E-state index contributed by atoms with van der Waals surface area (Å²) in [6, 6.07) is 3.65. The molecule has 0 spiro atoms. The van der Waals surface area contributed by atoms with Gasteiger partial charge in [0, 0.05) is 23.5 Å². The van der Waals surface area contributed by atoms with Crippen LogP contribution in [0, 0.1) is 5.92 Å². The summed E-state index contributed by atoms with van der Waals surface area (Å²) in [4.78, 5) is 54.9. The van der Waals surface area contributed by atoms with E-state index in [1.165, 1.54) is 0 Å². The molecule has 0 radical (unpaired) electrons. The number of rotatable bonds is 19. The van der Waals surface area contributed by atoms with Crippen LogP contribution in [0.15, 0.2) is 30.5 Å². The monoisotopic (exact) mass is 573 g/mol. The first-order chi connectivity index (χ1) is 19.6. The molecule has 2 rings (SSSR count). The van der Waals surface area contributed by atoms with Crippen molar-refractivity contribution < 1.29 is 24.3 Å². The standard InChI is InChI=1S/C29H47N7O5/c1-3-18(2)25(28(39)34-23(29(40)41)13-7-9-15-31)36-27(38)24(35-26(37)21(32)11-6-8-14-30)16-19-17-33-22-12-5-4-10-20(19)22/h4-5,10,12,17-18,21,23-25,33H,3,6-9,11,13-16,30-32H2,1-2H3,(H,34,39)(H,35,37)(H,36,38)(H,40,41). The Bertz CT molecular complexity index is 1140. The van der Waals surface area contributed by atoms with Gasteiger partial charge in [0.1, 0.15) is 18.1 Å². The number of aliphatic carboxylic acids is 1. The van der Waals surface area contributed by atoms with E-state index < -0.39 is 47.9 Å². The minimum Gasteiger partial charge on any atom is -0.480 e. The predicted molar refractivity (Wildman–Crippen MR) is 159 cm³/mol. The summed E-state index contributed by atoms with van der Waals surface area (Å²) in [5.41, 5.74) is 18.9. The molecule has 12 heteroatoms. The SMILES string of the molecule is CCC(C)C(NC(=O)C(Cc1c[nH]c2ccccc12)NC(=O)C(N)CCCCN)C(=O)NC(CCCCN)C(=O)O. The molecule has 11 N–H and O–H groups in total. The third kappa shape index (κ3) is 10.5. The number of carbonyl (C=O) groups is 4. The van der Waals surface area contributed by atoms with Crippen molar-refractivity contribution in [3.63, 3.8) is 0 Å². The van der Waals surface area contributed by atoms with Crippen molar-refractivity contribution in [2.45, 2.75) is 89.4 Å². The quantitative estimate of drug-likeness (QED) is 0.112. The Kier molecular flexibility index (Phi) is 14.3. The molecule has 0 bridgehead atoms. The Hall–Kier alpha value is -3.48. The van der Waals surface area contributed by atoms with Crippen LogP contribution in [0.25, 0.3) is 10.9 Å². The molecule has 0 aliphatic rings. The Morgan fingerprint density at radius 1 is 0.878 bits per heavy atom. The number of aromatic amines is 1. The van der Waals surface area contributed by atoms with Crippen LogP contribution >= 0.6 is 0 Å². The van der Waals surface area contributed by atoms with Crippen molar-refractivity contribution in [3.05, 3.63) is 36.0 Å². The fourth-order valence-electron chi connectivity index (χ4n) is 4.62. The molecule has 0 aliphatic carbocycles. The lowest BCUT2D eigenvalue weighted by Crippen LogP contribution is -2.59. The van der Waals surface area contributed by atoms with Crippen LogP contribution in [0.2, 0.25) is 0 Å². The molecule has 0 saturated heterocycles. The van der Waals surface area contributed by atoms with Crippen LogP contribution in [0.5, 0.6) is 0 Å². The number of benzene rings is 1. The van der Waals surface area contributed by atoms with Crippen molar-refractivity contribution in [1.82, 2.24) is 20.9 Å². The Labute approximate surface area is 241 Å². The molecule has 1 heterocycles. The van der Waals surface area contributed by atoms with E-state index in [9.17, 15) is 24.3 Å². The van der Waals surface area contributed by atoms with Gasteiger partial charge in [0.15, 0.2) is 0 Å². The molecule has 0 saturated carbocycles. The highest BCUT2D eigenvalue weighted by Crippen LogP contribution is 2.20. The number of hydrogen-bond donors (Lipinski definition) is 8. The van der Waals surface area contributed by atoms with E-state index in [4.69, 9.17) is 17.2 Å². The first-order valence-corrected chi connectivity index (χ1v) is 14.5. The molecule has 1 aromatic carbocycles. The maximum atomic E-state index is 13.7. The second-order valence-electron chi connectivity index (χ2n) is 10.6. The summed E-state index contributed by atoms with van der Waals surface area (Å²) in [5.74, 6) is -3.09. The van der Waals surface area contributed by atoms with E-state index in [-0.39, 0.29) is 18.8 Å². The van der Waals surface area contributed by atoms with Crippen LogP contribution in [-0.4, -0.2) is 71.0 Å². The number of amides is 3. The molecule has 0 aliphatic heterocycles. The van der Waals surface area contributed by atoms with Gasteiger partial charge < -0.3 is 43.2 Å². The highest BCUT2D eigenvalue weighted by molar-refractivity contribution is 5.95. The van der Waals surface area contributed by atoms with Gasteiger partial charge in [-0.1, -0.05) is 44.9 Å². The summed E-state index contributed by atoms with van der Waals surface area (Å²) in [5, 5.41) is 18.7. The molecule has 2 aromatic rings. The lowest BCUT2D eigenvalue weighted by atomic mass is 9.96. The second kappa shape index (κ2) is 17.4. The smallest absolute Gasteiger partial charge is 0.326 e. The molecule has 3 amide bonds. The lowest BCUT2D eigenvalue weighted by Gasteiger charge is -2.28. The van der Waals surface area contributed by atoms with Crippen LogP contribution in [-0.2, 0) is 25.6 Å². The number of nitrogens with one attached hydrogen (secondary N) is 4. The summed E-state index contributed by atoms with van der Waals surface area (Å²) < 4.78 is 0. The Morgan fingerprint density at radius 2 is 1.51 bits per heavy atom. The summed E-state index contributed by atoms with van der Waals surface area (Å²) in [6.45, 7) is 4.59. The third-order valence-corrected chi connectivity index (χ3v) is 7.39. The van der Waals surface area contributed by atoms with E-state index in [0.29, 0.717) is 45.2 Å². The number of carboxylic acid groups (broad SMARTS) is 1. The fourth-order valence-corrected chi connectivity index (χ4v) is 4.62. The van der Waals surface area contributed by atoms with Crippen molar-refractivity contribution in [2.75, 3.05) is 13.1 Å². The Balaban J connectivity index is 2.26. The van der Waals surface area contributed by atoms with Crippen LogP contribution in [0.1, 0.15) is 64.4 Å². The van der Waals surface area contributed by atoms with Crippen molar-refractivity contribution >= 4 is 34.6 Å². The number of carbonyl (C=O) groups excluding carboxylic acids is 3. The van der Waals surface area contributed by atoms with Crippen LogP contribution < -0.4 is 33.2 Å². The summed E-state index contributed by atoms with van der Waals surface area (Å²) in [7, 11) is 0. The maximum Gasteiger partial charge on any atom is 0.326 e. The normalized spacial score (nSPS) is 15.0. The van der Waals surface area contributed by atoms with Crippen molar-refractivity contribution in [1.29, 1.82) is 0 Å². The van der Waals surface area contributed by atoms with E-state index in [0.717, 1.165) is 22.9 Å².